The van der Waals surface area contributed by atoms with Gasteiger partial charge in [-0.2, -0.15) is 13.2 Å². The minimum absolute atomic E-state index is 0.0485. The predicted octanol–water partition coefficient (Wildman–Crippen LogP) is 8.92. The third-order valence-electron chi connectivity index (χ3n) is 9.62. The number of carbonyl (C=O) groups excluding carboxylic acids is 1. The first-order valence-electron chi connectivity index (χ1n) is 19.0. The fourth-order valence-electron chi connectivity index (χ4n) is 5.97. The first-order chi connectivity index (χ1) is 28.4. The van der Waals surface area contributed by atoms with Crippen LogP contribution in [-0.2, 0) is 26.4 Å². The Balaban J connectivity index is 1.24. The Labute approximate surface area is 359 Å². The molecule has 60 heavy (non-hydrogen) atoms. The van der Waals surface area contributed by atoms with E-state index in [-0.39, 0.29) is 11.6 Å². The number of halogens is 4. The zero-order valence-corrected chi connectivity index (χ0v) is 36.4. The molecular weight excluding hydrogens is 855 g/mol. The molecule has 0 bridgehead atoms. The lowest BCUT2D eigenvalue weighted by Gasteiger charge is -2.26. The number of sulfonamides is 1. The summed E-state index contributed by atoms with van der Waals surface area (Å²) in [4.78, 5) is 13.9. The van der Waals surface area contributed by atoms with Crippen molar-refractivity contribution in [2.75, 3.05) is 43.1 Å². The number of alkyl halides is 3. The van der Waals surface area contributed by atoms with Gasteiger partial charge in [0.05, 0.1) is 10.6 Å². The molecule has 17 heteroatoms. The predicted molar refractivity (Wildman–Crippen MR) is 235 cm³/mol. The van der Waals surface area contributed by atoms with Crippen molar-refractivity contribution < 1.29 is 34.8 Å². The largest absolute Gasteiger partial charge is 0.501 e. The molecule has 4 N–H and O–H groups in total. The van der Waals surface area contributed by atoms with Gasteiger partial charge in [-0.3, -0.25) is 4.79 Å². The Morgan fingerprint density at radius 2 is 1.50 bits per heavy atom. The number of carbonyl (C=O) groups is 1. The summed E-state index contributed by atoms with van der Waals surface area (Å²) in [6.07, 6.45) is 0.433. The van der Waals surface area contributed by atoms with Crippen molar-refractivity contribution in [3.8, 4) is 11.1 Å². The number of nitrogens with one attached hydrogen (secondary N) is 4. The highest BCUT2D eigenvalue weighted by atomic mass is 35.5. The van der Waals surface area contributed by atoms with E-state index in [1.165, 1.54) is 23.9 Å². The van der Waals surface area contributed by atoms with E-state index in [9.17, 15) is 34.8 Å². The molecule has 5 aromatic carbocycles. The maximum Gasteiger partial charge on any atom is 0.501 e. The summed E-state index contributed by atoms with van der Waals surface area (Å²) in [6, 6.07) is 33.0. The van der Waals surface area contributed by atoms with Gasteiger partial charge in [0.2, 0.25) is 0 Å². The Morgan fingerprint density at radius 1 is 0.833 bits per heavy atom. The fraction of sp³-hybridized carbons (Fsp3) is 0.279. The van der Waals surface area contributed by atoms with Crippen molar-refractivity contribution in [1.82, 2.24) is 14.9 Å². The zero-order chi connectivity index (χ0) is 43.5. The summed E-state index contributed by atoms with van der Waals surface area (Å²) in [5, 5.41) is 10.2. The maximum absolute atomic E-state index is 14.1. The van der Waals surface area contributed by atoms with Gasteiger partial charge >= 0.3 is 5.51 Å². The van der Waals surface area contributed by atoms with E-state index in [0.29, 0.717) is 55.1 Å². The second-order valence-corrected chi connectivity index (χ2v) is 19.3. The molecule has 0 heterocycles. The van der Waals surface area contributed by atoms with Gasteiger partial charge in [0.15, 0.2) is 0 Å². The lowest BCUT2D eigenvalue weighted by atomic mass is 10.00. The average Bonchev–Trinajstić information content (AvgIpc) is 3.22. The summed E-state index contributed by atoms with van der Waals surface area (Å²) in [7, 11) is -8.98. The topological polar surface area (TPSA) is 137 Å². The molecule has 0 spiro atoms. The fourth-order valence-corrected chi connectivity index (χ4v) is 9.11. The Hall–Kier alpha value is -4.58. The second kappa shape index (κ2) is 20.8. The highest BCUT2D eigenvalue weighted by Gasteiger charge is 2.48. The van der Waals surface area contributed by atoms with Crippen molar-refractivity contribution in [1.29, 1.82) is 0 Å². The molecular formula is C43H47ClF3N5O5S3. The highest BCUT2D eigenvalue weighted by molar-refractivity contribution is 7.99. The SMILES string of the molecule is CC(C)N(C)CC[C@H](CSc1ccccc1)Nc1ccc(S(=O)(=O)NC(=O)c2ccc(NCCNCc3ccccc3-c3ccc(Cl)cc3)cc2)cc1S(=O)(=O)C(F)(F)F. The Morgan fingerprint density at radius 3 is 2.17 bits per heavy atom. The molecule has 0 radical (unpaired) electrons. The van der Waals surface area contributed by atoms with E-state index < -0.39 is 52.8 Å². The summed E-state index contributed by atoms with van der Waals surface area (Å²) < 4.78 is 96.7. The molecule has 0 saturated heterocycles. The van der Waals surface area contributed by atoms with Gasteiger partial charge in [0.25, 0.3) is 25.8 Å². The molecule has 0 fully saturated rings. The van der Waals surface area contributed by atoms with Crippen LogP contribution >= 0.6 is 23.4 Å². The number of thioether (sulfide) groups is 1. The first kappa shape index (κ1) is 46.5. The van der Waals surface area contributed by atoms with Crippen molar-refractivity contribution in [2.45, 2.75) is 59.1 Å². The van der Waals surface area contributed by atoms with Gasteiger partial charge < -0.3 is 20.9 Å². The number of rotatable bonds is 20. The maximum atomic E-state index is 14.1. The molecule has 0 aliphatic heterocycles. The van der Waals surface area contributed by atoms with Crippen LogP contribution < -0.4 is 20.7 Å². The summed E-state index contributed by atoms with van der Waals surface area (Å²) in [5.74, 6) is -0.693. The van der Waals surface area contributed by atoms with Crippen LogP contribution in [0.1, 0.15) is 36.2 Å². The van der Waals surface area contributed by atoms with Crippen molar-refractivity contribution in [2.24, 2.45) is 0 Å². The molecule has 5 rings (SSSR count). The van der Waals surface area contributed by atoms with Gasteiger partial charge in [0.1, 0.15) is 4.90 Å². The first-order valence-corrected chi connectivity index (χ1v) is 23.3. The number of sulfone groups is 1. The van der Waals surface area contributed by atoms with E-state index in [1.807, 2.05) is 109 Å². The summed E-state index contributed by atoms with van der Waals surface area (Å²) in [5.41, 5.74) is -2.30. The minimum atomic E-state index is -6.05. The lowest BCUT2D eigenvalue weighted by molar-refractivity contribution is -0.0435. The van der Waals surface area contributed by atoms with E-state index >= 15 is 0 Å². The molecule has 0 aliphatic rings. The zero-order valence-electron chi connectivity index (χ0n) is 33.2. The molecule has 320 valence electrons. The van der Waals surface area contributed by atoms with Gasteiger partial charge in [-0.05, 0) is 111 Å². The number of hydrogen-bond donors (Lipinski definition) is 4. The monoisotopic (exact) mass is 901 g/mol. The van der Waals surface area contributed by atoms with Crippen molar-refractivity contribution in [3.05, 3.63) is 137 Å². The van der Waals surface area contributed by atoms with Crippen LogP contribution in [-0.4, -0.2) is 77.7 Å². The van der Waals surface area contributed by atoms with Gasteiger partial charge in [-0.1, -0.05) is 66.2 Å². The van der Waals surface area contributed by atoms with Gasteiger partial charge in [-0.25, -0.2) is 21.6 Å². The number of nitrogens with zero attached hydrogens (tertiary/aromatic N) is 1. The lowest BCUT2D eigenvalue weighted by Crippen LogP contribution is -2.34. The molecule has 0 aliphatic carbocycles. The molecule has 0 unspecified atom stereocenters. The van der Waals surface area contributed by atoms with E-state index in [0.717, 1.165) is 33.7 Å². The third kappa shape index (κ3) is 12.7. The van der Waals surface area contributed by atoms with Crippen molar-refractivity contribution >= 4 is 60.5 Å². The van der Waals surface area contributed by atoms with Crippen LogP contribution in [0.25, 0.3) is 11.1 Å². The summed E-state index contributed by atoms with van der Waals surface area (Å²) in [6.45, 7) is 6.26. The standard InChI is InChI=1S/C43H47ClF3N5O5S3/c1-30(2)52(3)26-23-36(29-58-37-10-5-4-6-11-37)50-40-22-21-38(27-41(40)59(54,55)43(45,46)47)60(56,57)51-42(53)32-15-19-35(20-16-32)49-25-24-48-28-33-9-7-8-12-39(33)31-13-17-34(44)18-14-31/h4-22,27,30,36,48-50H,23-26,28-29H2,1-3H3,(H,51,53)/t36-/m1/s1. The summed E-state index contributed by atoms with van der Waals surface area (Å²) >= 11 is 7.49. The second-order valence-electron chi connectivity index (χ2n) is 14.2. The average molecular weight is 903 g/mol. The van der Waals surface area contributed by atoms with Gasteiger partial charge in [-0.15, -0.1) is 11.8 Å². The van der Waals surface area contributed by atoms with Gasteiger partial charge in [0, 0.05) is 65.2 Å². The van der Waals surface area contributed by atoms with Crippen LogP contribution in [0.15, 0.2) is 136 Å². The quantitative estimate of drug-likeness (QED) is 0.0443. The Bertz CT molecular complexity index is 2420. The van der Waals surface area contributed by atoms with E-state index in [1.54, 1.807) is 12.1 Å². The molecule has 1 amide bonds. The highest BCUT2D eigenvalue weighted by Crippen LogP contribution is 2.37. The number of benzene rings is 5. The molecule has 0 aromatic heterocycles. The third-order valence-corrected chi connectivity index (χ3v) is 13.9. The number of hydrogen-bond acceptors (Lipinski definition) is 10. The number of amides is 1. The molecule has 10 nitrogen and oxygen atoms in total. The molecule has 1 atom stereocenters. The van der Waals surface area contributed by atoms with Crippen LogP contribution in [0.3, 0.4) is 0 Å². The van der Waals surface area contributed by atoms with Crippen LogP contribution in [0.2, 0.25) is 5.02 Å². The van der Waals surface area contributed by atoms with Crippen LogP contribution in [0, 0.1) is 0 Å². The number of anilines is 2. The molecule has 5 aromatic rings. The van der Waals surface area contributed by atoms with Crippen molar-refractivity contribution in [3.63, 3.8) is 0 Å². The Kier molecular flexibility index (Phi) is 16.1. The van der Waals surface area contributed by atoms with Crippen LogP contribution in [0.4, 0.5) is 24.5 Å². The normalized spacial score (nSPS) is 12.7. The van der Waals surface area contributed by atoms with E-state index in [4.69, 9.17) is 11.6 Å². The van der Waals surface area contributed by atoms with E-state index in [2.05, 4.69) is 16.0 Å². The molecule has 0 saturated carbocycles. The van der Waals surface area contributed by atoms with Crippen LogP contribution in [0.5, 0.6) is 0 Å². The minimum Gasteiger partial charge on any atom is -0.384 e. The smallest absolute Gasteiger partial charge is 0.384 e.